The zero-order valence-electron chi connectivity index (χ0n) is 6.32. The van der Waals surface area contributed by atoms with Gasteiger partial charge in [-0.3, -0.25) is 0 Å². The summed E-state index contributed by atoms with van der Waals surface area (Å²) >= 11 is 0. The average Bonchev–Trinajstić information content (AvgIpc) is 2.43. The quantitative estimate of drug-likeness (QED) is 0.635. The van der Waals surface area contributed by atoms with Gasteiger partial charge >= 0.3 is 0 Å². The van der Waals surface area contributed by atoms with Crippen LogP contribution in [0.15, 0.2) is 18.7 Å². The van der Waals surface area contributed by atoms with Gasteiger partial charge in [0.2, 0.25) is 0 Å². The predicted octanol–water partition coefficient (Wildman–Crippen LogP) is 1.44. The maximum absolute atomic E-state index is 5.17. The van der Waals surface area contributed by atoms with E-state index in [1.165, 1.54) is 0 Å². The van der Waals surface area contributed by atoms with Gasteiger partial charge in [-0.25, -0.2) is 4.98 Å². The van der Waals surface area contributed by atoms with Gasteiger partial charge in [-0.05, 0) is 6.42 Å². The van der Waals surface area contributed by atoms with Crippen LogP contribution in [0.5, 0.6) is 0 Å². The number of rotatable bonds is 3. The topological polar surface area (TPSA) is 27.1 Å². The molecule has 10 heavy (non-hydrogen) atoms. The molecule has 0 saturated carbocycles. The van der Waals surface area contributed by atoms with Gasteiger partial charge < -0.3 is 9.30 Å². The van der Waals surface area contributed by atoms with E-state index in [0.717, 1.165) is 6.42 Å². The van der Waals surface area contributed by atoms with Gasteiger partial charge in [-0.1, -0.05) is 6.92 Å². The van der Waals surface area contributed by atoms with E-state index in [-0.39, 0.29) is 6.23 Å². The number of hydrogen-bond donors (Lipinski definition) is 0. The van der Waals surface area contributed by atoms with Crippen molar-refractivity contribution in [2.75, 3.05) is 7.11 Å². The fourth-order valence-corrected chi connectivity index (χ4v) is 0.939. The second-order valence-electron chi connectivity index (χ2n) is 2.11. The summed E-state index contributed by atoms with van der Waals surface area (Å²) in [5.41, 5.74) is 0. The molecule has 0 aliphatic carbocycles. The van der Waals surface area contributed by atoms with Crippen LogP contribution < -0.4 is 0 Å². The van der Waals surface area contributed by atoms with Crippen molar-refractivity contribution < 1.29 is 4.74 Å². The Morgan fingerprint density at radius 3 is 2.90 bits per heavy atom. The fraction of sp³-hybridized carbons (Fsp3) is 0.571. The van der Waals surface area contributed by atoms with Crippen LogP contribution in [0, 0.1) is 0 Å². The Morgan fingerprint density at radius 1 is 1.70 bits per heavy atom. The van der Waals surface area contributed by atoms with E-state index in [4.69, 9.17) is 4.74 Å². The highest BCUT2D eigenvalue weighted by Crippen LogP contribution is 2.09. The summed E-state index contributed by atoms with van der Waals surface area (Å²) in [5.74, 6) is 0. The zero-order chi connectivity index (χ0) is 7.40. The molecule has 0 aromatic carbocycles. The van der Waals surface area contributed by atoms with Crippen LogP contribution in [-0.4, -0.2) is 16.7 Å². The molecule has 0 amide bonds. The van der Waals surface area contributed by atoms with E-state index >= 15 is 0 Å². The van der Waals surface area contributed by atoms with Gasteiger partial charge in [0.05, 0.1) is 6.33 Å². The molecule has 0 radical (unpaired) electrons. The van der Waals surface area contributed by atoms with Crippen LogP contribution in [0.3, 0.4) is 0 Å². The summed E-state index contributed by atoms with van der Waals surface area (Å²) in [6, 6.07) is 0. The second kappa shape index (κ2) is 3.37. The van der Waals surface area contributed by atoms with E-state index in [1.807, 2.05) is 10.8 Å². The molecule has 0 saturated heterocycles. The minimum atomic E-state index is 0.141. The molecule has 1 atom stereocenters. The minimum Gasteiger partial charge on any atom is -0.361 e. The Hall–Kier alpha value is -0.830. The Balaban J connectivity index is 2.64. The number of nitrogens with zero attached hydrogens (tertiary/aromatic N) is 2. The van der Waals surface area contributed by atoms with Crippen LogP contribution in [-0.2, 0) is 4.74 Å². The van der Waals surface area contributed by atoms with Crippen molar-refractivity contribution in [3.63, 3.8) is 0 Å². The monoisotopic (exact) mass is 140 g/mol. The summed E-state index contributed by atoms with van der Waals surface area (Å²) in [6.07, 6.45) is 6.52. The lowest BCUT2D eigenvalue weighted by atomic mass is 10.4. The number of aromatic nitrogens is 2. The summed E-state index contributed by atoms with van der Waals surface area (Å²) in [4.78, 5) is 3.92. The maximum atomic E-state index is 5.17. The van der Waals surface area contributed by atoms with Crippen LogP contribution in [0.25, 0.3) is 0 Å². The number of imidazole rings is 1. The normalized spacial score (nSPS) is 13.4. The lowest BCUT2D eigenvalue weighted by molar-refractivity contribution is 0.0410. The molecule has 1 aromatic heterocycles. The van der Waals surface area contributed by atoms with Crippen LogP contribution in [0.1, 0.15) is 19.6 Å². The SMILES string of the molecule is CCC(OC)n1ccnc1. The Labute approximate surface area is 60.6 Å². The molecule has 0 bridgehead atoms. The molecule has 0 spiro atoms. The first-order chi connectivity index (χ1) is 4.88. The maximum Gasteiger partial charge on any atom is 0.134 e. The van der Waals surface area contributed by atoms with Crippen molar-refractivity contribution in [3.05, 3.63) is 18.7 Å². The third kappa shape index (κ3) is 1.36. The number of methoxy groups -OCH3 is 1. The van der Waals surface area contributed by atoms with Crippen LogP contribution >= 0.6 is 0 Å². The van der Waals surface area contributed by atoms with Gasteiger partial charge in [0.1, 0.15) is 6.23 Å². The van der Waals surface area contributed by atoms with E-state index in [1.54, 1.807) is 19.6 Å². The molecule has 0 aliphatic rings. The molecule has 1 heterocycles. The molecule has 3 nitrogen and oxygen atoms in total. The molecular weight excluding hydrogens is 128 g/mol. The van der Waals surface area contributed by atoms with E-state index in [0.29, 0.717) is 0 Å². The van der Waals surface area contributed by atoms with Gasteiger partial charge in [-0.15, -0.1) is 0 Å². The van der Waals surface area contributed by atoms with Crippen molar-refractivity contribution >= 4 is 0 Å². The lowest BCUT2D eigenvalue weighted by Crippen LogP contribution is -2.07. The molecule has 0 fully saturated rings. The fourth-order valence-electron chi connectivity index (χ4n) is 0.939. The van der Waals surface area contributed by atoms with Crippen molar-refractivity contribution in [1.29, 1.82) is 0 Å². The first-order valence-electron chi connectivity index (χ1n) is 3.38. The smallest absolute Gasteiger partial charge is 0.134 e. The van der Waals surface area contributed by atoms with Crippen LogP contribution in [0.2, 0.25) is 0 Å². The number of ether oxygens (including phenoxy) is 1. The first-order valence-corrected chi connectivity index (χ1v) is 3.38. The Morgan fingerprint density at radius 2 is 2.50 bits per heavy atom. The Bertz CT molecular complexity index is 168. The molecule has 0 aliphatic heterocycles. The van der Waals surface area contributed by atoms with Crippen molar-refractivity contribution in [3.8, 4) is 0 Å². The lowest BCUT2D eigenvalue weighted by Gasteiger charge is -2.13. The minimum absolute atomic E-state index is 0.141. The molecule has 3 heteroatoms. The van der Waals surface area contributed by atoms with E-state index < -0.39 is 0 Å². The molecule has 1 rings (SSSR count). The molecular formula is C7H12N2O. The molecule has 56 valence electrons. The summed E-state index contributed by atoms with van der Waals surface area (Å²) in [5, 5.41) is 0. The van der Waals surface area contributed by atoms with E-state index in [2.05, 4.69) is 11.9 Å². The predicted molar refractivity (Wildman–Crippen MR) is 38.6 cm³/mol. The summed E-state index contributed by atoms with van der Waals surface area (Å²) < 4.78 is 7.11. The first kappa shape index (κ1) is 7.28. The standard InChI is InChI=1S/C7H12N2O/c1-3-7(10-2)9-5-4-8-6-9/h4-7H,3H2,1-2H3. The molecule has 0 N–H and O–H groups in total. The summed E-state index contributed by atoms with van der Waals surface area (Å²) in [7, 11) is 1.70. The van der Waals surface area contributed by atoms with Gasteiger partial charge in [0.15, 0.2) is 0 Å². The number of hydrogen-bond acceptors (Lipinski definition) is 2. The van der Waals surface area contributed by atoms with Gasteiger partial charge in [0.25, 0.3) is 0 Å². The Kier molecular flexibility index (Phi) is 2.45. The van der Waals surface area contributed by atoms with Crippen LogP contribution in [0.4, 0.5) is 0 Å². The van der Waals surface area contributed by atoms with Gasteiger partial charge in [0, 0.05) is 19.5 Å². The highest BCUT2D eigenvalue weighted by atomic mass is 16.5. The van der Waals surface area contributed by atoms with E-state index in [9.17, 15) is 0 Å². The second-order valence-corrected chi connectivity index (χ2v) is 2.11. The van der Waals surface area contributed by atoms with Crippen molar-refractivity contribution in [2.45, 2.75) is 19.6 Å². The highest BCUT2D eigenvalue weighted by Gasteiger charge is 2.03. The van der Waals surface area contributed by atoms with Crippen molar-refractivity contribution in [1.82, 2.24) is 9.55 Å². The molecule has 1 aromatic rings. The third-order valence-corrected chi connectivity index (χ3v) is 1.48. The largest absolute Gasteiger partial charge is 0.361 e. The van der Waals surface area contributed by atoms with Gasteiger partial charge in [-0.2, -0.15) is 0 Å². The third-order valence-electron chi connectivity index (χ3n) is 1.48. The highest BCUT2D eigenvalue weighted by molar-refractivity contribution is 4.76. The zero-order valence-corrected chi connectivity index (χ0v) is 6.32. The van der Waals surface area contributed by atoms with Crippen molar-refractivity contribution in [2.24, 2.45) is 0 Å². The average molecular weight is 140 g/mol. The summed E-state index contributed by atoms with van der Waals surface area (Å²) in [6.45, 7) is 2.08. The molecule has 1 unspecified atom stereocenters.